The van der Waals surface area contributed by atoms with E-state index in [9.17, 15) is 4.79 Å². The van der Waals surface area contributed by atoms with Crippen molar-refractivity contribution in [3.8, 4) is 0 Å². The average molecular weight is 246 g/mol. The van der Waals surface area contributed by atoms with Crippen LogP contribution in [0.4, 0.5) is 0 Å². The Bertz CT molecular complexity index is 329. The molecule has 0 aromatic heterocycles. The Morgan fingerprint density at radius 3 is 2.17 bits per heavy atom. The Hall–Kier alpha value is -1.11. The molecule has 1 heteroatoms. The molecule has 100 valence electrons. The van der Waals surface area contributed by atoms with Gasteiger partial charge >= 0.3 is 0 Å². The Kier molecular flexibility index (Phi) is 7.40. The molecule has 1 rings (SSSR count). The highest BCUT2D eigenvalue weighted by molar-refractivity contribution is 5.97. The summed E-state index contributed by atoms with van der Waals surface area (Å²) in [6, 6.07) is 9.77. The van der Waals surface area contributed by atoms with Gasteiger partial charge in [0.25, 0.3) is 0 Å². The fourth-order valence-corrected chi connectivity index (χ4v) is 2.34. The summed E-state index contributed by atoms with van der Waals surface area (Å²) in [4.78, 5) is 12.4. The molecule has 0 aliphatic carbocycles. The first-order valence-corrected chi connectivity index (χ1v) is 7.38. The second-order valence-corrected chi connectivity index (χ2v) is 5.07. The Morgan fingerprint density at radius 2 is 1.56 bits per heavy atom. The summed E-state index contributed by atoms with van der Waals surface area (Å²) in [6.07, 6.45) is 8.09. The number of carbonyl (C=O) groups excluding carboxylic acids is 1. The maximum Gasteiger partial charge on any atom is 0.165 e. The number of rotatable bonds is 9. The molecule has 0 aliphatic rings. The van der Waals surface area contributed by atoms with Crippen LogP contribution in [0.3, 0.4) is 0 Å². The SMILES string of the molecule is CCCCCC(CCCC)C(=O)c1ccccc1. The monoisotopic (exact) mass is 246 g/mol. The van der Waals surface area contributed by atoms with Gasteiger partial charge in [-0.3, -0.25) is 4.79 Å². The van der Waals surface area contributed by atoms with Crippen LogP contribution in [0.5, 0.6) is 0 Å². The van der Waals surface area contributed by atoms with Crippen molar-refractivity contribution in [1.82, 2.24) is 0 Å². The zero-order chi connectivity index (χ0) is 13.2. The number of hydrogen-bond acceptors (Lipinski definition) is 1. The van der Waals surface area contributed by atoms with Crippen LogP contribution < -0.4 is 0 Å². The molecule has 0 saturated carbocycles. The molecule has 0 saturated heterocycles. The predicted molar refractivity (Wildman–Crippen MR) is 77.9 cm³/mol. The summed E-state index contributed by atoms with van der Waals surface area (Å²) in [5.74, 6) is 0.582. The van der Waals surface area contributed by atoms with E-state index in [4.69, 9.17) is 0 Å². The fraction of sp³-hybridized carbons (Fsp3) is 0.588. The lowest BCUT2D eigenvalue weighted by molar-refractivity contribution is 0.0902. The predicted octanol–water partition coefficient (Wildman–Crippen LogP) is 5.26. The zero-order valence-electron chi connectivity index (χ0n) is 11.8. The molecule has 0 amide bonds. The van der Waals surface area contributed by atoms with Crippen molar-refractivity contribution in [1.29, 1.82) is 0 Å². The van der Waals surface area contributed by atoms with Crippen molar-refractivity contribution in [3.63, 3.8) is 0 Å². The van der Waals surface area contributed by atoms with Crippen molar-refractivity contribution in [2.24, 2.45) is 5.92 Å². The van der Waals surface area contributed by atoms with E-state index in [1.165, 1.54) is 25.7 Å². The molecule has 0 bridgehead atoms. The average Bonchev–Trinajstić information content (AvgIpc) is 2.43. The van der Waals surface area contributed by atoms with E-state index in [0.717, 1.165) is 24.8 Å². The van der Waals surface area contributed by atoms with Crippen LogP contribution in [0.2, 0.25) is 0 Å². The van der Waals surface area contributed by atoms with Gasteiger partial charge in [0, 0.05) is 11.5 Å². The van der Waals surface area contributed by atoms with Gasteiger partial charge in [-0.05, 0) is 12.8 Å². The molecule has 0 N–H and O–H groups in total. The van der Waals surface area contributed by atoms with Crippen molar-refractivity contribution in [2.45, 2.75) is 58.8 Å². The van der Waals surface area contributed by atoms with Gasteiger partial charge in [-0.15, -0.1) is 0 Å². The molecule has 0 heterocycles. The van der Waals surface area contributed by atoms with Crippen LogP contribution in [0, 0.1) is 5.92 Å². The first-order valence-electron chi connectivity index (χ1n) is 7.38. The van der Waals surface area contributed by atoms with Gasteiger partial charge in [0.15, 0.2) is 5.78 Å². The van der Waals surface area contributed by atoms with Crippen LogP contribution in [0.25, 0.3) is 0 Å². The molecule has 18 heavy (non-hydrogen) atoms. The number of hydrogen-bond donors (Lipinski definition) is 0. The minimum atomic E-state index is 0.235. The first kappa shape index (κ1) is 14.9. The summed E-state index contributed by atoms with van der Waals surface area (Å²) in [7, 11) is 0. The minimum Gasteiger partial charge on any atom is -0.294 e. The van der Waals surface area contributed by atoms with Gasteiger partial charge in [-0.1, -0.05) is 76.3 Å². The zero-order valence-corrected chi connectivity index (χ0v) is 11.8. The molecule has 1 aromatic rings. The second-order valence-electron chi connectivity index (χ2n) is 5.07. The molecule has 0 fully saturated rings. The lowest BCUT2D eigenvalue weighted by atomic mass is 9.88. The van der Waals surface area contributed by atoms with Gasteiger partial charge in [-0.2, -0.15) is 0 Å². The molecular weight excluding hydrogens is 220 g/mol. The third-order valence-corrected chi connectivity index (χ3v) is 3.49. The molecule has 1 unspecified atom stereocenters. The Labute approximate surface area is 112 Å². The van der Waals surface area contributed by atoms with E-state index < -0.39 is 0 Å². The van der Waals surface area contributed by atoms with Gasteiger partial charge in [0.1, 0.15) is 0 Å². The third-order valence-electron chi connectivity index (χ3n) is 3.49. The highest BCUT2D eigenvalue weighted by Crippen LogP contribution is 2.21. The second kappa shape index (κ2) is 8.91. The van der Waals surface area contributed by atoms with Crippen LogP contribution >= 0.6 is 0 Å². The minimum absolute atomic E-state index is 0.235. The third kappa shape index (κ3) is 5.03. The van der Waals surface area contributed by atoms with E-state index >= 15 is 0 Å². The molecule has 1 aromatic carbocycles. The first-order chi connectivity index (χ1) is 8.79. The molecular formula is C17H26O. The maximum absolute atomic E-state index is 12.4. The summed E-state index contributed by atoms with van der Waals surface area (Å²) >= 11 is 0. The van der Waals surface area contributed by atoms with E-state index in [1.807, 2.05) is 30.3 Å². The molecule has 0 spiro atoms. The molecule has 0 radical (unpaired) electrons. The van der Waals surface area contributed by atoms with Gasteiger partial charge in [0.2, 0.25) is 0 Å². The quantitative estimate of drug-likeness (QED) is 0.429. The van der Waals surface area contributed by atoms with Crippen molar-refractivity contribution in [2.75, 3.05) is 0 Å². The number of carbonyl (C=O) groups is 1. The molecule has 0 aliphatic heterocycles. The number of benzene rings is 1. The molecule has 1 nitrogen and oxygen atoms in total. The van der Waals surface area contributed by atoms with Crippen molar-refractivity contribution >= 4 is 5.78 Å². The van der Waals surface area contributed by atoms with E-state index in [-0.39, 0.29) is 5.92 Å². The number of unbranched alkanes of at least 4 members (excludes halogenated alkanes) is 3. The van der Waals surface area contributed by atoms with E-state index in [0.29, 0.717) is 5.78 Å². The van der Waals surface area contributed by atoms with E-state index in [2.05, 4.69) is 13.8 Å². The van der Waals surface area contributed by atoms with Crippen LogP contribution in [0.15, 0.2) is 30.3 Å². The van der Waals surface area contributed by atoms with E-state index in [1.54, 1.807) is 0 Å². The standard InChI is InChI=1S/C17H26O/c1-3-5-8-12-15(11-6-4-2)17(18)16-13-9-7-10-14-16/h7,9-10,13-15H,3-6,8,11-12H2,1-2H3. The lowest BCUT2D eigenvalue weighted by Crippen LogP contribution is -2.15. The van der Waals surface area contributed by atoms with Crippen LogP contribution in [-0.4, -0.2) is 5.78 Å². The highest BCUT2D eigenvalue weighted by atomic mass is 16.1. The normalized spacial score (nSPS) is 12.3. The largest absolute Gasteiger partial charge is 0.294 e. The van der Waals surface area contributed by atoms with Gasteiger partial charge < -0.3 is 0 Å². The van der Waals surface area contributed by atoms with Crippen LogP contribution in [0.1, 0.15) is 69.2 Å². The lowest BCUT2D eigenvalue weighted by Gasteiger charge is -2.15. The molecule has 1 atom stereocenters. The topological polar surface area (TPSA) is 17.1 Å². The highest BCUT2D eigenvalue weighted by Gasteiger charge is 2.18. The van der Waals surface area contributed by atoms with Gasteiger partial charge in [0.05, 0.1) is 0 Å². The van der Waals surface area contributed by atoms with Crippen molar-refractivity contribution in [3.05, 3.63) is 35.9 Å². The smallest absolute Gasteiger partial charge is 0.165 e. The number of Topliss-reactive ketones (excluding diaryl/α,β-unsaturated/α-hetero) is 1. The Morgan fingerprint density at radius 1 is 0.944 bits per heavy atom. The number of ketones is 1. The van der Waals surface area contributed by atoms with Gasteiger partial charge in [-0.25, -0.2) is 0 Å². The summed E-state index contributed by atoms with van der Waals surface area (Å²) in [5.41, 5.74) is 0.884. The van der Waals surface area contributed by atoms with Crippen molar-refractivity contribution < 1.29 is 4.79 Å². The summed E-state index contributed by atoms with van der Waals surface area (Å²) in [5, 5.41) is 0. The summed E-state index contributed by atoms with van der Waals surface area (Å²) in [6.45, 7) is 4.40. The summed E-state index contributed by atoms with van der Waals surface area (Å²) < 4.78 is 0. The Balaban J connectivity index is 2.60. The maximum atomic E-state index is 12.4. The van der Waals surface area contributed by atoms with Crippen LogP contribution in [-0.2, 0) is 0 Å². The fourth-order valence-electron chi connectivity index (χ4n) is 2.34.